The zero-order valence-corrected chi connectivity index (χ0v) is 13.0. The molecule has 0 amide bonds. The summed E-state index contributed by atoms with van der Waals surface area (Å²) in [6.07, 6.45) is -3.68. The van der Waals surface area contributed by atoms with Crippen molar-refractivity contribution in [3.8, 4) is 5.75 Å². The Labute approximate surface area is 124 Å². The van der Waals surface area contributed by atoms with Crippen molar-refractivity contribution in [3.05, 3.63) is 26.6 Å². The second kappa shape index (κ2) is 6.90. The molecule has 0 radical (unpaired) electrons. The number of ether oxygens (including phenoxy) is 1. The van der Waals surface area contributed by atoms with Gasteiger partial charge in [0, 0.05) is 16.6 Å². The number of hydrogen-bond donors (Lipinski definition) is 1. The van der Waals surface area contributed by atoms with E-state index in [2.05, 4.69) is 37.2 Å². The first-order valence-electron chi connectivity index (χ1n) is 5.16. The van der Waals surface area contributed by atoms with Gasteiger partial charge in [0.25, 0.3) is 0 Å². The topological polar surface area (TPSA) is 21.3 Å². The summed E-state index contributed by atoms with van der Waals surface area (Å²) in [5.41, 5.74) is 0.578. The highest BCUT2D eigenvalue weighted by Crippen LogP contribution is 2.32. The van der Waals surface area contributed by atoms with Gasteiger partial charge in [-0.2, -0.15) is 8.78 Å². The number of benzene rings is 1. The minimum Gasteiger partial charge on any atom is -0.495 e. The Morgan fingerprint density at radius 3 is 2.47 bits per heavy atom. The smallest absolute Gasteiger partial charge is 0.319 e. The molecule has 0 spiro atoms. The first kappa shape index (κ1) is 16.7. The van der Waals surface area contributed by atoms with E-state index in [0.717, 1.165) is 4.47 Å². The lowest BCUT2D eigenvalue weighted by Gasteiger charge is -2.17. The Morgan fingerprint density at radius 1 is 1.32 bits per heavy atom. The second-order valence-electron chi connectivity index (χ2n) is 3.75. The first-order valence-corrected chi connectivity index (χ1v) is 6.75. The Balaban J connectivity index is 2.73. The summed E-state index contributed by atoms with van der Waals surface area (Å²) in [5.74, 6) is -3.58. The van der Waals surface area contributed by atoms with Gasteiger partial charge in [-0.05, 0) is 28.1 Å². The lowest BCUT2D eigenvalue weighted by Crippen LogP contribution is -2.38. The first-order chi connectivity index (χ1) is 8.77. The molecule has 1 aromatic carbocycles. The van der Waals surface area contributed by atoms with Crippen LogP contribution in [0.3, 0.4) is 0 Å². The van der Waals surface area contributed by atoms with Crippen LogP contribution in [0.15, 0.2) is 21.1 Å². The van der Waals surface area contributed by atoms with Crippen molar-refractivity contribution in [1.82, 2.24) is 5.32 Å². The zero-order chi connectivity index (χ0) is 14.6. The maximum Gasteiger partial charge on any atom is 0.319 e. The lowest BCUT2D eigenvalue weighted by molar-refractivity contribution is -0.125. The van der Waals surface area contributed by atoms with Gasteiger partial charge in [0.15, 0.2) is 0 Å². The quantitative estimate of drug-likeness (QED) is 0.712. The molecule has 0 saturated carbocycles. The predicted octanol–water partition coefficient (Wildman–Crippen LogP) is 4.21. The van der Waals surface area contributed by atoms with Crippen LogP contribution < -0.4 is 10.1 Å². The normalized spacial score (nSPS) is 12.0. The number of nitrogens with one attached hydrogen (secondary N) is 1. The molecule has 0 aliphatic heterocycles. The Kier molecular flexibility index (Phi) is 6.07. The summed E-state index contributed by atoms with van der Waals surface area (Å²) in [5, 5.41) is 2.30. The average Bonchev–Trinajstić information content (AvgIpc) is 2.27. The standard InChI is InChI=1S/C11H11Br2F4NO/c1-19-9-6(2-7(12)3-8(9)13)4-18-5-11(16,17)10(14)15/h2-3,10,18H,4-5H2,1H3. The molecule has 1 N–H and O–H groups in total. The molecule has 0 aliphatic carbocycles. The minimum atomic E-state index is -4.05. The van der Waals surface area contributed by atoms with E-state index in [9.17, 15) is 17.6 Å². The van der Waals surface area contributed by atoms with Gasteiger partial charge in [0.05, 0.1) is 18.1 Å². The van der Waals surface area contributed by atoms with E-state index in [1.807, 2.05) is 0 Å². The van der Waals surface area contributed by atoms with Crippen molar-refractivity contribution in [2.24, 2.45) is 0 Å². The molecule has 0 aliphatic rings. The maximum atomic E-state index is 12.7. The van der Waals surface area contributed by atoms with Crippen molar-refractivity contribution in [3.63, 3.8) is 0 Å². The number of alkyl halides is 4. The molecule has 0 fully saturated rings. The van der Waals surface area contributed by atoms with Crippen LogP contribution in [0.4, 0.5) is 17.6 Å². The van der Waals surface area contributed by atoms with Crippen LogP contribution in [0, 0.1) is 0 Å². The van der Waals surface area contributed by atoms with Crippen molar-refractivity contribution in [2.45, 2.75) is 18.9 Å². The molecule has 2 nitrogen and oxygen atoms in total. The molecule has 108 valence electrons. The predicted molar refractivity (Wildman–Crippen MR) is 71.1 cm³/mol. The highest BCUT2D eigenvalue weighted by atomic mass is 79.9. The fraction of sp³-hybridized carbons (Fsp3) is 0.455. The van der Waals surface area contributed by atoms with E-state index in [-0.39, 0.29) is 6.54 Å². The summed E-state index contributed by atoms with van der Waals surface area (Å²) < 4.78 is 55.9. The van der Waals surface area contributed by atoms with Gasteiger partial charge >= 0.3 is 12.3 Å². The van der Waals surface area contributed by atoms with Gasteiger partial charge in [0.1, 0.15) is 5.75 Å². The van der Waals surface area contributed by atoms with Crippen LogP contribution in [0.1, 0.15) is 5.56 Å². The molecular formula is C11H11Br2F4NO. The number of halogens is 6. The lowest BCUT2D eigenvalue weighted by atomic mass is 10.2. The largest absolute Gasteiger partial charge is 0.495 e. The van der Waals surface area contributed by atoms with Crippen LogP contribution in [0.2, 0.25) is 0 Å². The third-order valence-corrected chi connectivity index (χ3v) is 3.33. The highest BCUT2D eigenvalue weighted by molar-refractivity contribution is 9.11. The molecule has 1 aromatic rings. The summed E-state index contributed by atoms with van der Waals surface area (Å²) in [6, 6.07) is 3.40. The van der Waals surface area contributed by atoms with Gasteiger partial charge in [-0.1, -0.05) is 15.9 Å². The average molecular weight is 409 g/mol. The molecular weight excluding hydrogens is 398 g/mol. The highest BCUT2D eigenvalue weighted by Gasteiger charge is 2.40. The van der Waals surface area contributed by atoms with E-state index < -0.39 is 18.9 Å². The van der Waals surface area contributed by atoms with E-state index in [0.29, 0.717) is 15.8 Å². The Hall–Kier alpha value is -0.340. The molecule has 0 atom stereocenters. The van der Waals surface area contributed by atoms with Crippen LogP contribution in [-0.2, 0) is 6.54 Å². The van der Waals surface area contributed by atoms with Crippen molar-refractivity contribution in [1.29, 1.82) is 0 Å². The number of hydrogen-bond acceptors (Lipinski definition) is 2. The van der Waals surface area contributed by atoms with E-state index in [1.165, 1.54) is 7.11 Å². The maximum absolute atomic E-state index is 12.7. The fourth-order valence-electron chi connectivity index (χ4n) is 1.41. The Morgan fingerprint density at radius 2 is 1.95 bits per heavy atom. The fourth-order valence-corrected chi connectivity index (χ4v) is 2.89. The number of methoxy groups -OCH3 is 1. The van der Waals surface area contributed by atoms with Gasteiger partial charge in [-0.15, -0.1) is 0 Å². The van der Waals surface area contributed by atoms with Crippen LogP contribution in [-0.4, -0.2) is 26.0 Å². The van der Waals surface area contributed by atoms with E-state index in [4.69, 9.17) is 4.74 Å². The molecule has 19 heavy (non-hydrogen) atoms. The van der Waals surface area contributed by atoms with Gasteiger partial charge in [0.2, 0.25) is 0 Å². The van der Waals surface area contributed by atoms with Crippen molar-refractivity contribution < 1.29 is 22.3 Å². The summed E-state index contributed by atoms with van der Waals surface area (Å²) in [4.78, 5) is 0. The second-order valence-corrected chi connectivity index (χ2v) is 5.52. The van der Waals surface area contributed by atoms with Crippen LogP contribution >= 0.6 is 31.9 Å². The molecule has 0 unspecified atom stereocenters. The van der Waals surface area contributed by atoms with Crippen LogP contribution in [0.5, 0.6) is 5.75 Å². The molecule has 0 bridgehead atoms. The van der Waals surface area contributed by atoms with Crippen molar-refractivity contribution >= 4 is 31.9 Å². The monoisotopic (exact) mass is 407 g/mol. The summed E-state index contributed by atoms with van der Waals surface area (Å²) >= 11 is 6.51. The van der Waals surface area contributed by atoms with Gasteiger partial charge in [-0.3, -0.25) is 0 Å². The van der Waals surface area contributed by atoms with Crippen molar-refractivity contribution in [2.75, 3.05) is 13.7 Å². The minimum absolute atomic E-state index is 0.0104. The molecule has 0 heterocycles. The molecule has 8 heteroatoms. The van der Waals surface area contributed by atoms with Gasteiger partial charge < -0.3 is 10.1 Å². The molecule has 0 saturated heterocycles. The number of rotatable bonds is 6. The van der Waals surface area contributed by atoms with E-state index >= 15 is 0 Å². The van der Waals surface area contributed by atoms with Crippen LogP contribution in [0.25, 0.3) is 0 Å². The van der Waals surface area contributed by atoms with E-state index in [1.54, 1.807) is 12.1 Å². The molecule has 1 rings (SSSR count). The third kappa shape index (κ3) is 4.61. The molecule has 0 aromatic heterocycles. The third-order valence-electron chi connectivity index (χ3n) is 2.28. The van der Waals surface area contributed by atoms with Gasteiger partial charge in [-0.25, -0.2) is 8.78 Å². The zero-order valence-electron chi connectivity index (χ0n) is 9.82. The summed E-state index contributed by atoms with van der Waals surface area (Å²) in [6.45, 7) is -1.11. The Bertz CT molecular complexity index is 443. The SMILES string of the molecule is COc1c(Br)cc(Br)cc1CNCC(F)(F)C(F)F. The summed E-state index contributed by atoms with van der Waals surface area (Å²) in [7, 11) is 1.44.